The number of anilines is 1. The molecule has 2 N–H and O–H groups in total. The minimum absolute atomic E-state index is 0.796. The second kappa shape index (κ2) is 5.16. The molecule has 0 aliphatic rings. The topological polar surface area (TPSA) is 40.7 Å². The number of thiophene rings is 1. The van der Waals surface area contributed by atoms with Gasteiger partial charge in [0.25, 0.3) is 0 Å². The van der Waals surface area contributed by atoms with E-state index < -0.39 is 0 Å². The summed E-state index contributed by atoms with van der Waals surface area (Å²) in [7, 11) is 0. The van der Waals surface area contributed by atoms with E-state index in [0.29, 0.717) is 0 Å². The Morgan fingerprint density at radius 3 is 3.10 bits per heavy atom. The first-order chi connectivity index (χ1) is 10.3. The second-order valence-electron chi connectivity index (χ2n) is 4.89. The number of nitrogens with zero attached hydrogens (tertiary/aromatic N) is 1. The molecule has 0 spiro atoms. The van der Waals surface area contributed by atoms with Gasteiger partial charge in [-0.25, -0.2) is 0 Å². The van der Waals surface area contributed by atoms with E-state index in [4.69, 9.17) is 0 Å². The maximum absolute atomic E-state index is 4.12. The van der Waals surface area contributed by atoms with Crippen molar-refractivity contribution in [3.8, 4) is 0 Å². The van der Waals surface area contributed by atoms with Crippen LogP contribution >= 0.6 is 27.3 Å². The van der Waals surface area contributed by atoms with Crippen LogP contribution in [0.3, 0.4) is 0 Å². The minimum Gasteiger partial charge on any atom is -0.380 e. The van der Waals surface area contributed by atoms with Crippen molar-refractivity contribution < 1.29 is 0 Å². The molecule has 0 atom stereocenters. The van der Waals surface area contributed by atoms with Crippen LogP contribution in [0.5, 0.6) is 0 Å². The standard InChI is InChI=1S/C16H12BrN3S/c17-11-6-14(13-9-19-20-15(13)7-11)18-8-10-2-1-3-16-12(10)4-5-21-16/h1-7,9,18H,8H2,(H,19,20). The maximum atomic E-state index is 4.12. The molecule has 0 saturated heterocycles. The molecule has 0 aliphatic heterocycles. The van der Waals surface area contributed by atoms with E-state index in [2.05, 4.69) is 67.2 Å². The Kier molecular flexibility index (Phi) is 3.16. The highest BCUT2D eigenvalue weighted by Crippen LogP contribution is 2.29. The highest BCUT2D eigenvalue weighted by Gasteiger charge is 2.06. The number of aromatic nitrogens is 2. The Morgan fingerprint density at radius 1 is 1.19 bits per heavy atom. The molecule has 4 aromatic rings. The molecule has 0 fully saturated rings. The molecule has 0 unspecified atom stereocenters. The van der Waals surface area contributed by atoms with Crippen LogP contribution in [0.1, 0.15) is 5.56 Å². The van der Waals surface area contributed by atoms with Gasteiger partial charge in [-0.1, -0.05) is 28.1 Å². The van der Waals surface area contributed by atoms with E-state index in [-0.39, 0.29) is 0 Å². The normalized spacial score (nSPS) is 11.3. The van der Waals surface area contributed by atoms with Crippen molar-refractivity contribution in [1.82, 2.24) is 10.2 Å². The van der Waals surface area contributed by atoms with Crippen LogP contribution in [0.15, 0.2) is 52.4 Å². The third-order valence-corrected chi connectivity index (χ3v) is 4.92. The number of benzene rings is 2. The predicted octanol–water partition coefficient (Wildman–Crippen LogP) is 5.15. The van der Waals surface area contributed by atoms with Crippen LogP contribution in [0, 0.1) is 0 Å². The Morgan fingerprint density at radius 2 is 2.14 bits per heavy atom. The van der Waals surface area contributed by atoms with Gasteiger partial charge in [-0.15, -0.1) is 11.3 Å². The fourth-order valence-corrected chi connectivity index (χ4v) is 3.86. The molecule has 0 amide bonds. The zero-order chi connectivity index (χ0) is 14.2. The van der Waals surface area contributed by atoms with E-state index in [1.54, 1.807) is 11.3 Å². The van der Waals surface area contributed by atoms with E-state index in [1.807, 2.05) is 12.3 Å². The van der Waals surface area contributed by atoms with Crippen molar-refractivity contribution in [2.75, 3.05) is 5.32 Å². The number of aromatic amines is 1. The predicted molar refractivity (Wildman–Crippen MR) is 92.9 cm³/mol. The van der Waals surface area contributed by atoms with Crippen molar-refractivity contribution in [1.29, 1.82) is 0 Å². The van der Waals surface area contributed by atoms with Crippen LogP contribution < -0.4 is 5.32 Å². The van der Waals surface area contributed by atoms with Crippen molar-refractivity contribution in [2.24, 2.45) is 0 Å². The Hall–Kier alpha value is -1.85. The van der Waals surface area contributed by atoms with Crippen molar-refractivity contribution in [3.63, 3.8) is 0 Å². The smallest absolute Gasteiger partial charge is 0.0682 e. The Bertz CT molecular complexity index is 925. The van der Waals surface area contributed by atoms with Gasteiger partial charge < -0.3 is 5.32 Å². The number of H-pyrrole nitrogens is 1. The van der Waals surface area contributed by atoms with E-state index in [0.717, 1.165) is 27.6 Å². The lowest BCUT2D eigenvalue weighted by atomic mass is 10.1. The van der Waals surface area contributed by atoms with E-state index in [1.165, 1.54) is 15.6 Å². The fraction of sp³-hybridized carbons (Fsp3) is 0.0625. The first-order valence-corrected chi connectivity index (χ1v) is 8.30. The second-order valence-corrected chi connectivity index (χ2v) is 6.75. The van der Waals surface area contributed by atoms with Crippen LogP contribution in [0.2, 0.25) is 0 Å². The zero-order valence-corrected chi connectivity index (χ0v) is 13.5. The highest BCUT2D eigenvalue weighted by atomic mass is 79.9. The average molecular weight is 358 g/mol. The van der Waals surface area contributed by atoms with Gasteiger partial charge in [0.15, 0.2) is 0 Å². The minimum atomic E-state index is 0.796. The monoisotopic (exact) mass is 357 g/mol. The number of halogens is 1. The molecular weight excluding hydrogens is 346 g/mol. The van der Waals surface area contributed by atoms with Gasteiger partial charge in [-0.05, 0) is 40.6 Å². The van der Waals surface area contributed by atoms with Crippen LogP contribution in [-0.4, -0.2) is 10.2 Å². The van der Waals surface area contributed by atoms with Crippen LogP contribution in [0.4, 0.5) is 5.69 Å². The first-order valence-electron chi connectivity index (χ1n) is 6.63. The largest absolute Gasteiger partial charge is 0.380 e. The van der Waals surface area contributed by atoms with Crippen molar-refractivity contribution in [3.05, 3.63) is 58.0 Å². The maximum Gasteiger partial charge on any atom is 0.0682 e. The van der Waals surface area contributed by atoms with Crippen molar-refractivity contribution in [2.45, 2.75) is 6.54 Å². The van der Waals surface area contributed by atoms with Crippen LogP contribution in [0.25, 0.3) is 21.0 Å². The number of hydrogen-bond acceptors (Lipinski definition) is 3. The lowest BCUT2D eigenvalue weighted by Crippen LogP contribution is -2.00. The lowest BCUT2D eigenvalue weighted by molar-refractivity contribution is 1.12. The Balaban J connectivity index is 1.69. The molecule has 0 radical (unpaired) electrons. The summed E-state index contributed by atoms with van der Waals surface area (Å²) in [4.78, 5) is 0. The molecular formula is C16H12BrN3S. The third-order valence-electron chi connectivity index (χ3n) is 3.58. The average Bonchev–Trinajstić information content (AvgIpc) is 3.12. The molecule has 3 nitrogen and oxygen atoms in total. The number of hydrogen-bond donors (Lipinski definition) is 2. The third kappa shape index (κ3) is 2.32. The molecule has 0 aliphatic carbocycles. The van der Waals surface area contributed by atoms with Gasteiger partial charge in [0.2, 0.25) is 0 Å². The quantitative estimate of drug-likeness (QED) is 0.532. The zero-order valence-electron chi connectivity index (χ0n) is 11.1. The summed E-state index contributed by atoms with van der Waals surface area (Å²) in [5.41, 5.74) is 3.42. The van der Waals surface area contributed by atoms with Crippen molar-refractivity contribution >= 4 is 53.9 Å². The SMILES string of the molecule is Brc1cc(NCc2cccc3sccc23)c2cn[nH]c2c1. The van der Waals surface area contributed by atoms with Gasteiger partial charge in [0.05, 0.1) is 11.7 Å². The lowest BCUT2D eigenvalue weighted by Gasteiger charge is -2.09. The molecule has 21 heavy (non-hydrogen) atoms. The molecule has 0 bridgehead atoms. The summed E-state index contributed by atoms with van der Waals surface area (Å²) in [6.07, 6.45) is 1.86. The summed E-state index contributed by atoms with van der Waals surface area (Å²) in [5.74, 6) is 0. The molecule has 5 heteroatoms. The summed E-state index contributed by atoms with van der Waals surface area (Å²) in [6, 6.07) is 12.8. The van der Waals surface area contributed by atoms with E-state index >= 15 is 0 Å². The fourth-order valence-electron chi connectivity index (χ4n) is 2.56. The van der Waals surface area contributed by atoms with Gasteiger partial charge in [0.1, 0.15) is 0 Å². The first kappa shape index (κ1) is 12.9. The molecule has 4 rings (SSSR count). The number of rotatable bonds is 3. The molecule has 0 saturated carbocycles. The highest BCUT2D eigenvalue weighted by molar-refractivity contribution is 9.10. The summed E-state index contributed by atoms with van der Waals surface area (Å²) in [5, 5.41) is 15.2. The van der Waals surface area contributed by atoms with Gasteiger partial charge in [-0.2, -0.15) is 5.10 Å². The summed E-state index contributed by atoms with van der Waals surface area (Å²) < 4.78 is 2.37. The van der Waals surface area contributed by atoms with Gasteiger partial charge in [0, 0.05) is 26.8 Å². The van der Waals surface area contributed by atoms with Gasteiger partial charge in [-0.3, -0.25) is 5.10 Å². The molecule has 2 heterocycles. The molecule has 2 aromatic carbocycles. The number of nitrogens with one attached hydrogen (secondary N) is 2. The molecule has 2 aromatic heterocycles. The summed E-state index contributed by atoms with van der Waals surface area (Å²) >= 11 is 5.32. The van der Waals surface area contributed by atoms with Gasteiger partial charge >= 0.3 is 0 Å². The number of fused-ring (bicyclic) bond motifs is 2. The molecule has 104 valence electrons. The van der Waals surface area contributed by atoms with E-state index in [9.17, 15) is 0 Å². The van der Waals surface area contributed by atoms with Crippen LogP contribution in [-0.2, 0) is 6.54 Å². The summed E-state index contributed by atoms with van der Waals surface area (Å²) in [6.45, 7) is 0.796. The Labute approximate surface area is 134 Å².